The molecule has 1 heterocycles. The van der Waals surface area contributed by atoms with E-state index in [2.05, 4.69) is 34.8 Å². The van der Waals surface area contributed by atoms with Gasteiger partial charge in [0.25, 0.3) is 0 Å². The van der Waals surface area contributed by atoms with E-state index in [1.54, 1.807) is 12.1 Å². The van der Waals surface area contributed by atoms with Gasteiger partial charge in [0.1, 0.15) is 5.82 Å². The van der Waals surface area contributed by atoms with Crippen LogP contribution in [0.15, 0.2) is 29.3 Å². The zero-order valence-corrected chi connectivity index (χ0v) is 17.4. The Morgan fingerprint density at radius 2 is 2.20 bits per heavy atom. The monoisotopic (exact) mass is 462 g/mol. The van der Waals surface area contributed by atoms with E-state index >= 15 is 0 Å². The van der Waals surface area contributed by atoms with Crippen molar-refractivity contribution in [2.45, 2.75) is 45.1 Å². The van der Waals surface area contributed by atoms with Gasteiger partial charge >= 0.3 is 0 Å². The molecule has 0 spiro atoms. The predicted molar refractivity (Wildman–Crippen MR) is 110 cm³/mol. The van der Waals surface area contributed by atoms with Gasteiger partial charge < -0.3 is 16.0 Å². The number of aliphatic imine (C=N–C) groups is 1. The first kappa shape index (κ1) is 21.7. The van der Waals surface area contributed by atoms with Crippen LogP contribution in [0.1, 0.15) is 39.2 Å². The first-order valence-corrected chi connectivity index (χ1v) is 8.48. The molecule has 0 saturated carbocycles. The average Bonchev–Trinajstić information content (AvgIpc) is 2.55. The number of nitrogens with zero attached hydrogens (tertiary/aromatic N) is 1. The summed E-state index contributed by atoms with van der Waals surface area (Å²) in [6.07, 6.45) is 1.33. The molecule has 0 aliphatic carbocycles. The van der Waals surface area contributed by atoms with Gasteiger partial charge in [-0.3, -0.25) is 9.79 Å². The van der Waals surface area contributed by atoms with Crippen LogP contribution in [0.4, 0.5) is 4.39 Å². The molecule has 0 radical (unpaired) electrons. The zero-order valence-electron chi connectivity index (χ0n) is 15.1. The minimum atomic E-state index is -0.273. The van der Waals surface area contributed by atoms with Gasteiger partial charge in [0.2, 0.25) is 5.91 Å². The molecule has 1 unspecified atom stereocenters. The molecule has 1 aromatic carbocycles. The van der Waals surface area contributed by atoms with Crippen LogP contribution < -0.4 is 16.0 Å². The second-order valence-electron chi connectivity index (χ2n) is 6.77. The molecule has 1 aliphatic heterocycles. The Kier molecular flexibility index (Phi) is 8.61. The van der Waals surface area contributed by atoms with Gasteiger partial charge in [-0.2, -0.15) is 0 Å². The lowest BCUT2D eigenvalue weighted by atomic mass is 9.85. The number of benzene rings is 1. The summed E-state index contributed by atoms with van der Waals surface area (Å²) in [5.74, 6) is 0.595. The van der Waals surface area contributed by atoms with Gasteiger partial charge in [0, 0.05) is 31.0 Å². The molecule has 1 atom stereocenters. The van der Waals surface area contributed by atoms with E-state index in [0.717, 1.165) is 24.5 Å². The highest BCUT2D eigenvalue weighted by molar-refractivity contribution is 14.0. The Hall–Kier alpha value is -1.38. The molecule has 0 aromatic heterocycles. The fourth-order valence-corrected chi connectivity index (χ4v) is 2.65. The maximum atomic E-state index is 13.5. The van der Waals surface area contributed by atoms with Crippen LogP contribution in [-0.4, -0.2) is 37.5 Å². The van der Waals surface area contributed by atoms with E-state index in [0.29, 0.717) is 19.5 Å². The number of piperidine rings is 1. The molecule has 0 bridgehead atoms. The number of hydrogen-bond acceptors (Lipinski definition) is 2. The standard InChI is InChI=1S/C18H27FN4O.HI/c1-4-20-17(23-15-8-9-16(24)21-11-15)22-12-18(2,3)13-6-5-7-14(19)10-13;/h5-7,10,15H,4,8-9,11-12H2,1-3H3,(H,21,24)(H2,20,22,23);1H. The Morgan fingerprint density at radius 1 is 1.44 bits per heavy atom. The van der Waals surface area contributed by atoms with Gasteiger partial charge in [0.15, 0.2) is 5.96 Å². The average molecular weight is 462 g/mol. The van der Waals surface area contributed by atoms with E-state index in [1.807, 2.05) is 13.0 Å². The highest BCUT2D eigenvalue weighted by Crippen LogP contribution is 2.24. The summed E-state index contributed by atoms with van der Waals surface area (Å²) >= 11 is 0. The molecule has 3 N–H and O–H groups in total. The molecular weight excluding hydrogens is 434 g/mol. The maximum Gasteiger partial charge on any atom is 0.220 e. The molecule has 140 valence electrons. The van der Waals surface area contributed by atoms with Crippen LogP contribution in [0.3, 0.4) is 0 Å². The van der Waals surface area contributed by atoms with Crippen molar-refractivity contribution < 1.29 is 9.18 Å². The van der Waals surface area contributed by atoms with E-state index in [-0.39, 0.29) is 47.2 Å². The topological polar surface area (TPSA) is 65.5 Å². The largest absolute Gasteiger partial charge is 0.357 e. The van der Waals surface area contributed by atoms with Crippen molar-refractivity contribution in [1.82, 2.24) is 16.0 Å². The van der Waals surface area contributed by atoms with Crippen molar-refractivity contribution >= 4 is 35.8 Å². The lowest BCUT2D eigenvalue weighted by Gasteiger charge is -2.27. The number of rotatable bonds is 5. The van der Waals surface area contributed by atoms with Crippen LogP contribution >= 0.6 is 24.0 Å². The smallest absolute Gasteiger partial charge is 0.220 e. The number of nitrogens with one attached hydrogen (secondary N) is 3. The van der Waals surface area contributed by atoms with Crippen molar-refractivity contribution in [1.29, 1.82) is 0 Å². The summed E-state index contributed by atoms with van der Waals surface area (Å²) < 4.78 is 13.5. The fraction of sp³-hybridized carbons (Fsp3) is 0.556. The lowest BCUT2D eigenvalue weighted by molar-refractivity contribution is -0.122. The number of hydrogen-bond donors (Lipinski definition) is 3. The third kappa shape index (κ3) is 6.80. The summed E-state index contributed by atoms with van der Waals surface area (Å²) in [7, 11) is 0. The van der Waals surface area contributed by atoms with E-state index < -0.39 is 0 Å². The van der Waals surface area contributed by atoms with Crippen molar-refractivity contribution in [2.75, 3.05) is 19.6 Å². The summed E-state index contributed by atoms with van der Waals surface area (Å²) in [5.41, 5.74) is 0.651. The Labute approximate surface area is 166 Å². The normalized spacial score (nSPS) is 18.2. The third-order valence-corrected chi connectivity index (χ3v) is 4.19. The number of guanidine groups is 1. The summed E-state index contributed by atoms with van der Waals surface area (Å²) in [6.45, 7) is 8.01. The molecule has 5 nitrogen and oxygen atoms in total. The molecule has 1 fully saturated rings. The van der Waals surface area contributed by atoms with E-state index in [4.69, 9.17) is 0 Å². The van der Waals surface area contributed by atoms with Crippen molar-refractivity contribution in [3.05, 3.63) is 35.6 Å². The number of carbonyl (C=O) groups is 1. The third-order valence-electron chi connectivity index (χ3n) is 4.19. The number of amides is 1. The van der Waals surface area contributed by atoms with Crippen molar-refractivity contribution in [3.63, 3.8) is 0 Å². The highest BCUT2D eigenvalue weighted by Gasteiger charge is 2.22. The molecule has 2 rings (SSSR count). The highest BCUT2D eigenvalue weighted by atomic mass is 127. The van der Waals surface area contributed by atoms with Crippen LogP contribution in [-0.2, 0) is 10.2 Å². The minimum Gasteiger partial charge on any atom is -0.357 e. The lowest BCUT2D eigenvalue weighted by Crippen LogP contribution is -2.51. The summed E-state index contributed by atoms with van der Waals surface area (Å²) in [4.78, 5) is 15.9. The quantitative estimate of drug-likeness (QED) is 0.358. The Balaban J connectivity index is 0.00000312. The molecule has 7 heteroatoms. The van der Waals surface area contributed by atoms with E-state index in [1.165, 1.54) is 6.07 Å². The summed E-state index contributed by atoms with van der Waals surface area (Å²) in [5, 5.41) is 9.45. The van der Waals surface area contributed by atoms with Crippen molar-refractivity contribution in [2.24, 2.45) is 4.99 Å². The van der Waals surface area contributed by atoms with Gasteiger partial charge in [-0.1, -0.05) is 26.0 Å². The van der Waals surface area contributed by atoms with E-state index in [9.17, 15) is 9.18 Å². The fourth-order valence-electron chi connectivity index (χ4n) is 2.65. The number of halogens is 2. The Morgan fingerprint density at radius 3 is 2.80 bits per heavy atom. The maximum absolute atomic E-state index is 13.5. The first-order chi connectivity index (χ1) is 11.4. The first-order valence-electron chi connectivity index (χ1n) is 8.48. The minimum absolute atomic E-state index is 0. The predicted octanol–water partition coefficient (Wildman–Crippen LogP) is 2.56. The molecule has 1 aromatic rings. The molecular formula is C18H28FIN4O. The second-order valence-corrected chi connectivity index (χ2v) is 6.77. The van der Waals surface area contributed by atoms with Crippen molar-refractivity contribution in [3.8, 4) is 0 Å². The van der Waals surface area contributed by atoms with Gasteiger partial charge in [0.05, 0.1) is 6.54 Å². The molecule has 1 aliphatic rings. The van der Waals surface area contributed by atoms with Crippen LogP contribution in [0.25, 0.3) is 0 Å². The van der Waals surface area contributed by atoms with Gasteiger partial charge in [-0.25, -0.2) is 4.39 Å². The van der Waals surface area contributed by atoms with Crippen LogP contribution in [0.2, 0.25) is 0 Å². The zero-order chi connectivity index (χ0) is 17.6. The molecule has 25 heavy (non-hydrogen) atoms. The molecule has 1 amide bonds. The van der Waals surface area contributed by atoms with Crippen LogP contribution in [0.5, 0.6) is 0 Å². The van der Waals surface area contributed by atoms with Crippen LogP contribution in [0, 0.1) is 5.82 Å². The second kappa shape index (κ2) is 9.94. The summed E-state index contributed by atoms with van der Waals surface area (Å²) in [6, 6.07) is 6.84. The number of carbonyl (C=O) groups excluding carboxylic acids is 1. The Bertz CT molecular complexity index is 596. The van der Waals surface area contributed by atoms with Gasteiger partial charge in [-0.05, 0) is 31.0 Å². The SMILES string of the molecule is CCNC(=NCC(C)(C)c1cccc(F)c1)NC1CCC(=O)NC1.I. The van der Waals surface area contributed by atoms with Gasteiger partial charge in [-0.15, -0.1) is 24.0 Å². The molecule has 1 saturated heterocycles.